The van der Waals surface area contributed by atoms with E-state index in [0.29, 0.717) is 30.1 Å². The molecule has 0 aliphatic heterocycles. The standard InChI is InChI=1S/C15H22N4O2/c1-4-12-15(19(20)21)13(5-2)18(17-12)14-8-10(3)6-7-11(14)9-16/h10-11,14H,4-8H2,1-3H3. The Morgan fingerprint density at radius 2 is 2.14 bits per heavy atom. The van der Waals surface area contributed by atoms with Crippen molar-refractivity contribution in [2.75, 3.05) is 0 Å². The molecule has 6 heteroatoms. The van der Waals surface area contributed by atoms with Crippen molar-refractivity contribution in [1.29, 1.82) is 5.26 Å². The van der Waals surface area contributed by atoms with Gasteiger partial charge in [0.1, 0.15) is 11.4 Å². The van der Waals surface area contributed by atoms with Gasteiger partial charge in [0.05, 0.1) is 23.0 Å². The molecule has 2 rings (SSSR count). The van der Waals surface area contributed by atoms with Crippen molar-refractivity contribution in [3.05, 3.63) is 21.5 Å². The largest absolute Gasteiger partial charge is 0.313 e. The predicted molar refractivity (Wildman–Crippen MR) is 78.8 cm³/mol. The first-order valence-corrected chi connectivity index (χ1v) is 7.67. The van der Waals surface area contributed by atoms with Crippen LogP contribution in [0.25, 0.3) is 0 Å². The van der Waals surface area contributed by atoms with Crippen LogP contribution >= 0.6 is 0 Å². The number of rotatable bonds is 4. The Morgan fingerprint density at radius 3 is 2.67 bits per heavy atom. The average molecular weight is 290 g/mol. The lowest BCUT2D eigenvalue weighted by atomic mass is 9.79. The highest BCUT2D eigenvalue weighted by atomic mass is 16.6. The summed E-state index contributed by atoms with van der Waals surface area (Å²) >= 11 is 0. The highest BCUT2D eigenvalue weighted by Crippen LogP contribution is 2.39. The topological polar surface area (TPSA) is 84.8 Å². The lowest BCUT2D eigenvalue weighted by molar-refractivity contribution is -0.386. The second-order valence-electron chi connectivity index (χ2n) is 5.87. The van der Waals surface area contributed by atoms with Gasteiger partial charge in [-0.2, -0.15) is 10.4 Å². The van der Waals surface area contributed by atoms with Gasteiger partial charge in [0.2, 0.25) is 0 Å². The molecule has 114 valence electrons. The van der Waals surface area contributed by atoms with Crippen LogP contribution in [-0.2, 0) is 12.8 Å². The van der Waals surface area contributed by atoms with E-state index in [0.717, 1.165) is 19.3 Å². The molecule has 1 heterocycles. The maximum Gasteiger partial charge on any atom is 0.313 e. The van der Waals surface area contributed by atoms with Crippen molar-refractivity contribution in [2.24, 2.45) is 11.8 Å². The maximum absolute atomic E-state index is 11.4. The Labute approximate surface area is 124 Å². The van der Waals surface area contributed by atoms with E-state index in [1.807, 2.05) is 13.8 Å². The van der Waals surface area contributed by atoms with Gasteiger partial charge in [0.15, 0.2) is 0 Å². The molecule has 0 spiro atoms. The summed E-state index contributed by atoms with van der Waals surface area (Å²) < 4.78 is 1.79. The number of aryl methyl sites for hydroxylation is 1. The number of nitro groups is 1. The fraction of sp³-hybridized carbons (Fsp3) is 0.733. The van der Waals surface area contributed by atoms with Crippen LogP contribution in [0, 0.1) is 33.3 Å². The summed E-state index contributed by atoms with van der Waals surface area (Å²) in [6.45, 7) is 5.96. The minimum atomic E-state index is -0.325. The lowest BCUT2D eigenvalue weighted by Crippen LogP contribution is -2.28. The van der Waals surface area contributed by atoms with Crippen molar-refractivity contribution < 1.29 is 4.92 Å². The molecule has 3 unspecified atom stereocenters. The number of hydrogen-bond donors (Lipinski definition) is 0. The Bertz CT molecular complexity index is 573. The second kappa shape index (κ2) is 6.25. The van der Waals surface area contributed by atoms with Crippen LogP contribution in [0.2, 0.25) is 0 Å². The van der Waals surface area contributed by atoms with E-state index in [2.05, 4.69) is 18.1 Å². The second-order valence-corrected chi connectivity index (χ2v) is 5.87. The van der Waals surface area contributed by atoms with Crippen molar-refractivity contribution >= 4 is 5.69 Å². The van der Waals surface area contributed by atoms with Crippen LogP contribution < -0.4 is 0 Å². The molecule has 0 radical (unpaired) electrons. The number of nitrogens with zero attached hydrogens (tertiary/aromatic N) is 4. The van der Waals surface area contributed by atoms with Crippen molar-refractivity contribution in [2.45, 2.75) is 58.9 Å². The first-order valence-electron chi connectivity index (χ1n) is 7.67. The van der Waals surface area contributed by atoms with E-state index in [1.165, 1.54) is 0 Å². The zero-order valence-corrected chi connectivity index (χ0v) is 12.9. The maximum atomic E-state index is 11.4. The molecule has 1 fully saturated rings. The summed E-state index contributed by atoms with van der Waals surface area (Å²) in [5, 5.41) is 25.3. The SMILES string of the molecule is CCc1nn(C2CC(C)CCC2C#N)c(CC)c1[N+](=O)[O-]. The smallest absolute Gasteiger partial charge is 0.258 e. The summed E-state index contributed by atoms with van der Waals surface area (Å²) in [7, 11) is 0. The molecule has 21 heavy (non-hydrogen) atoms. The zero-order valence-electron chi connectivity index (χ0n) is 12.9. The molecule has 6 nitrogen and oxygen atoms in total. The number of hydrogen-bond acceptors (Lipinski definition) is 4. The van der Waals surface area contributed by atoms with Gasteiger partial charge in [-0.3, -0.25) is 14.8 Å². The highest BCUT2D eigenvalue weighted by Gasteiger charge is 2.35. The zero-order chi connectivity index (χ0) is 15.6. The van der Waals surface area contributed by atoms with Gasteiger partial charge in [-0.1, -0.05) is 20.8 Å². The Kier molecular flexibility index (Phi) is 4.61. The third-order valence-electron chi connectivity index (χ3n) is 4.46. The molecule has 0 saturated heterocycles. The minimum Gasteiger partial charge on any atom is -0.258 e. The van der Waals surface area contributed by atoms with Crippen LogP contribution in [0.15, 0.2) is 0 Å². The van der Waals surface area contributed by atoms with Gasteiger partial charge >= 0.3 is 5.69 Å². The summed E-state index contributed by atoms with van der Waals surface area (Å²) in [6.07, 6.45) is 3.86. The van der Waals surface area contributed by atoms with E-state index < -0.39 is 0 Å². The van der Waals surface area contributed by atoms with Gasteiger partial charge in [-0.05, 0) is 38.0 Å². The monoisotopic (exact) mass is 290 g/mol. The van der Waals surface area contributed by atoms with E-state index in [9.17, 15) is 15.4 Å². The van der Waals surface area contributed by atoms with E-state index >= 15 is 0 Å². The van der Waals surface area contributed by atoms with Gasteiger partial charge in [0.25, 0.3) is 0 Å². The quantitative estimate of drug-likeness (QED) is 0.628. The molecular weight excluding hydrogens is 268 g/mol. The Morgan fingerprint density at radius 1 is 1.43 bits per heavy atom. The fourth-order valence-electron chi connectivity index (χ4n) is 3.34. The fourth-order valence-corrected chi connectivity index (χ4v) is 3.34. The molecule has 0 aromatic carbocycles. The third-order valence-corrected chi connectivity index (χ3v) is 4.46. The average Bonchev–Trinajstić information content (AvgIpc) is 2.85. The normalized spacial score (nSPS) is 25.5. The molecule has 0 bridgehead atoms. The summed E-state index contributed by atoms with van der Waals surface area (Å²) in [6, 6.07) is 2.34. The van der Waals surface area contributed by atoms with Crippen molar-refractivity contribution in [1.82, 2.24) is 9.78 Å². The summed E-state index contributed by atoms with van der Waals surface area (Å²) in [5.74, 6) is 0.424. The highest BCUT2D eigenvalue weighted by molar-refractivity contribution is 5.41. The van der Waals surface area contributed by atoms with Crippen LogP contribution in [-0.4, -0.2) is 14.7 Å². The first kappa shape index (κ1) is 15.5. The third kappa shape index (κ3) is 2.78. The Hall–Kier alpha value is -1.90. The van der Waals surface area contributed by atoms with Gasteiger partial charge < -0.3 is 0 Å². The van der Waals surface area contributed by atoms with Gasteiger partial charge in [-0.15, -0.1) is 0 Å². The van der Waals surface area contributed by atoms with Crippen LogP contribution in [0.5, 0.6) is 0 Å². The number of nitriles is 1. The van der Waals surface area contributed by atoms with Crippen LogP contribution in [0.1, 0.15) is 57.5 Å². The van der Waals surface area contributed by atoms with Crippen LogP contribution in [0.4, 0.5) is 5.69 Å². The number of aromatic nitrogens is 2. The predicted octanol–water partition coefficient (Wildman–Crippen LogP) is 3.42. The van der Waals surface area contributed by atoms with Crippen molar-refractivity contribution in [3.63, 3.8) is 0 Å². The summed E-state index contributed by atoms with van der Waals surface area (Å²) in [4.78, 5) is 11.0. The molecule has 1 aliphatic rings. The van der Waals surface area contributed by atoms with E-state index in [-0.39, 0.29) is 22.6 Å². The molecule has 1 saturated carbocycles. The van der Waals surface area contributed by atoms with Crippen molar-refractivity contribution in [3.8, 4) is 6.07 Å². The minimum absolute atomic E-state index is 0.0345. The molecule has 1 aromatic heterocycles. The van der Waals surface area contributed by atoms with Gasteiger partial charge in [-0.25, -0.2) is 0 Å². The van der Waals surface area contributed by atoms with E-state index in [4.69, 9.17) is 0 Å². The van der Waals surface area contributed by atoms with E-state index in [1.54, 1.807) is 4.68 Å². The molecule has 3 atom stereocenters. The molecule has 0 N–H and O–H groups in total. The molecular formula is C15H22N4O2. The Balaban J connectivity index is 2.52. The summed E-state index contributed by atoms with van der Waals surface area (Å²) in [5.41, 5.74) is 1.35. The first-order chi connectivity index (χ1) is 10.0. The molecule has 0 amide bonds. The molecule has 1 aromatic rings. The van der Waals surface area contributed by atoms with Gasteiger partial charge in [0, 0.05) is 0 Å². The lowest BCUT2D eigenvalue weighted by Gasteiger charge is -2.31. The van der Waals surface area contributed by atoms with Crippen LogP contribution in [0.3, 0.4) is 0 Å². The molecule has 1 aliphatic carbocycles.